The molecule has 0 bridgehead atoms. The Bertz CT molecular complexity index is 408. The maximum atomic E-state index is 12.2. The minimum Gasteiger partial charge on any atom is -0.480 e. The van der Waals surface area contributed by atoms with E-state index in [-0.39, 0.29) is 24.2 Å². The molecule has 0 aromatic rings. The average Bonchev–Trinajstić information content (AvgIpc) is 2.75. The molecule has 6 nitrogen and oxygen atoms in total. The molecule has 1 aliphatic rings. The summed E-state index contributed by atoms with van der Waals surface area (Å²) in [4.78, 5) is 37.0. The maximum absolute atomic E-state index is 12.2. The second-order valence-electron chi connectivity index (χ2n) is 6.30. The van der Waals surface area contributed by atoms with Gasteiger partial charge in [-0.05, 0) is 11.8 Å². The van der Waals surface area contributed by atoms with Crippen molar-refractivity contribution in [2.75, 3.05) is 13.1 Å². The van der Waals surface area contributed by atoms with Crippen molar-refractivity contribution < 1.29 is 19.5 Å². The second kappa shape index (κ2) is 7.43. The highest BCUT2D eigenvalue weighted by Crippen LogP contribution is 2.20. The molecule has 21 heavy (non-hydrogen) atoms. The summed E-state index contributed by atoms with van der Waals surface area (Å²) >= 11 is 0. The molecule has 1 aliphatic heterocycles. The van der Waals surface area contributed by atoms with Gasteiger partial charge in [-0.25, -0.2) is 4.79 Å². The monoisotopic (exact) mass is 298 g/mol. The highest BCUT2D eigenvalue weighted by atomic mass is 16.4. The van der Waals surface area contributed by atoms with E-state index in [0.717, 1.165) is 0 Å². The molecule has 2 N–H and O–H groups in total. The fourth-order valence-corrected chi connectivity index (χ4v) is 2.52. The molecule has 1 rings (SSSR count). The van der Waals surface area contributed by atoms with E-state index in [2.05, 4.69) is 5.32 Å². The Balaban J connectivity index is 2.63. The Labute approximate surface area is 125 Å². The van der Waals surface area contributed by atoms with E-state index in [0.29, 0.717) is 25.4 Å². The zero-order valence-electron chi connectivity index (χ0n) is 13.3. The number of rotatable bonds is 7. The summed E-state index contributed by atoms with van der Waals surface area (Å²) in [6.45, 7) is 8.74. The van der Waals surface area contributed by atoms with Gasteiger partial charge in [0.05, 0.1) is 5.92 Å². The van der Waals surface area contributed by atoms with E-state index in [1.165, 1.54) is 0 Å². The quantitative estimate of drug-likeness (QED) is 0.737. The lowest BCUT2D eigenvalue weighted by atomic mass is 9.98. The van der Waals surface area contributed by atoms with E-state index < -0.39 is 17.9 Å². The summed E-state index contributed by atoms with van der Waals surface area (Å²) in [5.74, 6) is -1.62. The molecule has 1 fully saturated rings. The molecular formula is C15H26N2O4. The van der Waals surface area contributed by atoms with Crippen LogP contribution in [0.25, 0.3) is 0 Å². The minimum absolute atomic E-state index is 0.0285. The van der Waals surface area contributed by atoms with Gasteiger partial charge in [0.1, 0.15) is 6.04 Å². The van der Waals surface area contributed by atoms with Crippen molar-refractivity contribution in [3.8, 4) is 0 Å². The van der Waals surface area contributed by atoms with Crippen LogP contribution in [0.3, 0.4) is 0 Å². The summed E-state index contributed by atoms with van der Waals surface area (Å²) < 4.78 is 0. The predicted molar refractivity (Wildman–Crippen MR) is 78.5 cm³/mol. The SMILES string of the molecule is CCC(C)C(NC(=O)C1CC(=O)N(CC(C)C)C1)C(=O)O. The lowest BCUT2D eigenvalue weighted by Crippen LogP contribution is -2.47. The molecule has 3 atom stereocenters. The van der Waals surface area contributed by atoms with E-state index in [1.807, 2.05) is 20.8 Å². The molecule has 6 heteroatoms. The van der Waals surface area contributed by atoms with Crippen LogP contribution >= 0.6 is 0 Å². The molecule has 3 unspecified atom stereocenters. The molecule has 2 amide bonds. The predicted octanol–water partition coefficient (Wildman–Crippen LogP) is 1.11. The number of carbonyl (C=O) groups excluding carboxylic acids is 2. The van der Waals surface area contributed by atoms with E-state index >= 15 is 0 Å². The van der Waals surface area contributed by atoms with Crippen LogP contribution in [0, 0.1) is 17.8 Å². The molecule has 1 heterocycles. The first-order chi connectivity index (χ1) is 9.76. The van der Waals surface area contributed by atoms with Gasteiger partial charge in [0.15, 0.2) is 0 Å². The van der Waals surface area contributed by atoms with Gasteiger partial charge in [-0.15, -0.1) is 0 Å². The van der Waals surface area contributed by atoms with Crippen molar-refractivity contribution in [3.05, 3.63) is 0 Å². The number of nitrogens with zero attached hydrogens (tertiary/aromatic N) is 1. The average molecular weight is 298 g/mol. The molecule has 0 aliphatic carbocycles. The Kier molecular flexibility index (Phi) is 6.18. The number of nitrogens with one attached hydrogen (secondary N) is 1. The Morgan fingerprint density at radius 1 is 1.38 bits per heavy atom. The summed E-state index contributed by atoms with van der Waals surface area (Å²) in [5, 5.41) is 11.8. The van der Waals surface area contributed by atoms with Gasteiger partial charge >= 0.3 is 5.97 Å². The molecule has 0 spiro atoms. The van der Waals surface area contributed by atoms with Gasteiger partial charge in [0.25, 0.3) is 0 Å². The number of likely N-dealkylation sites (tertiary alicyclic amines) is 1. The topological polar surface area (TPSA) is 86.7 Å². The molecule has 0 saturated carbocycles. The maximum Gasteiger partial charge on any atom is 0.326 e. The van der Waals surface area contributed by atoms with Crippen molar-refractivity contribution in [1.82, 2.24) is 10.2 Å². The van der Waals surface area contributed by atoms with Crippen molar-refractivity contribution in [2.24, 2.45) is 17.8 Å². The lowest BCUT2D eigenvalue weighted by Gasteiger charge is -2.22. The van der Waals surface area contributed by atoms with Crippen LogP contribution in [0.15, 0.2) is 0 Å². The van der Waals surface area contributed by atoms with Crippen molar-refractivity contribution >= 4 is 17.8 Å². The molecule has 0 radical (unpaired) electrons. The van der Waals surface area contributed by atoms with Gasteiger partial charge in [-0.2, -0.15) is 0 Å². The van der Waals surface area contributed by atoms with Gasteiger partial charge in [0.2, 0.25) is 11.8 Å². The number of carboxylic acid groups (broad SMARTS) is 1. The van der Waals surface area contributed by atoms with Crippen LogP contribution in [0.5, 0.6) is 0 Å². The summed E-state index contributed by atoms with van der Waals surface area (Å²) in [6, 6.07) is -0.892. The highest BCUT2D eigenvalue weighted by molar-refractivity contribution is 5.91. The Morgan fingerprint density at radius 2 is 2.00 bits per heavy atom. The van der Waals surface area contributed by atoms with E-state index in [4.69, 9.17) is 0 Å². The van der Waals surface area contributed by atoms with E-state index in [1.54, 1.807) is 11.8 Å². The highest BCUT2D eigenvalue weighted by Gasteiger charge is 2.36. The summed E-state index contributed by atoms with van der Waals surface area (Å²) in [5.41, 5.74) is 0. The molecule has 0 aromatic heterocycles. The van der Waals surface area contributed by atoms with Crippen LogP contribution in [0.4, 0.5) is 0 Å². The van der Waals surface area contributed by atoms with Crippen LogP contribution in [0.2, 0.25) is 0 Å². The molecule has 1 saturated heterocycles. The molecule has 0 aromatic carbocycles. The van der Waals surface area contributed by atoms with Crippen LogP contribution in [-0.2, 0) is 14.4 Å². The first kappa shape index (κ1) is 17.5. The molecular weight excluding hydrogens is 272 g/mol. The minimum atomic E-state index is -1.03. The van der Waals surface area contributed by atoms with Gasteiger partial charge in [-0.3, -0.25) is 9.59 Å². The third-order valence-corrected chi connectivity index (χ3v) is 3.95. The second-order valence-corrected chi connectivity index (χ2v) is 6.30. The zero-order chi connectivity index (χ0) is 16.2. The van der Waals surface area contributed by atoms with Gasteiger partial charge < -0.3 is 15.3 Å². The standard InChI is InChI=1S/C15H26N2O4/c1-5-10(4)13(15(20)21)16-14(19)11-6-12(18)17(8-11)7-9(2)3/h9-11,13H,5-8H2,1-4H3,(H,16,19)(H,20,21). The van der Waals surface area contributed by atoms with Crippen molar-refractivity contribution in [1.29, 1.82) is 0 Å². The Morgan fingerprint density at radius 3 is 2.48 bits per heavy atom. The number of hydrogen-bond acceptors (Lipinski definition) is 3. The van der Waals surface area contributed by atoms with Gasteiger partial charge in [-0.1, -0.05) is 34.1 Å². The van der Waals surface area contributed by atoms with Crippen molar-refractivity contribution in [3.63, 3.8) is 0 Å². The number of hydrogen-bond donors (Lipinski definition) is 2. The van der Waals surface area contributed by atoms with Crippen molar-refractivity contribution in [2.45, 2.75) is 46.6 Å². The fourth-order valence-electron chi connectivity index (χ4n) is 2.52. The van der Waals surface area contributed by atoms with Crippen LogP contribution in [0.1, 0.15) is 40.5 Å². The molecule has 120 valence electrons. The van der Waals surface area contributed by atoms with E-state index in [9.17, 15) is 19.5 Å². The number of carboxylic acids is 1. The van der Waals surface area contributed by atoms with Crippen LogP contribution < -0.4 is 5.32 Å². The summed E-state index contributed by atoms with van der Waals surface area (Å²) in [7, 11) is 0. The normalized spacial score (nSPS) is 21.5. The first-order valence-corrected chi connectivity index (χ1v) is 7.57. The number of carbonyl (C=O) groups is 3. The summed E-state index contributed by atoms with van der Waals surface area (Å²) in [6.07, 6.45) is 0.839. The largest absolute Gasteiger partial charge is 0.480 e. The smallest absolute Gasteiger partial charge is 0.326 e. The van der Waals surface area contributed by atoms with Gasteiger partial charge in [0, 0.05) is 19.5 Å². The number of amides is 2. The lowest BCUT2D eigenvalue weighted by molar-refractivity contribution is -0.143. The fraction of sp³-hybridized carbons (Fsp3) is 0.800. The number of aliphatic carboxylic acids is 1. The zero-order valence-corrected chi connectivity index (χ0v) is 13.3. The third kappa shape index (κ3) is 4.72. The first-order valence-electron chi connectivity index (χ1n) is 7.57. The van der Waals surface area contributed by atoms with Crippen LogP contribution in [-0.4, -0.2) is 46.9 Å². The Hall–Kier alpha value is -1.59. The third-order valence-electron chi connectivity index (χ3n) is 3.95.